The smallest absolute Gasteiger partial charge is 0.224 e. The number of carbonyl (C=O) groups is 1. The molecule has 4 rings (SSSR count). The summed E-state index contributed by atoms with van der Waals surface area (Å²) in [6, 6.07) is 9.18. The van der Waals surface area contributed by atoms with Crippen LogP contribution in [0.4, 0.5) is 5.69 Å². The molecule has 0 aromatic heterocycles. The predicted octanol–water partition coefficient (Wildman–Crippen LogP) is 2.14. The number of piperidine rings is 1. The molecule has 0 bridgehead atoms. The van der Waals surface area contributed by atoms with Crippen LogP contribution in [-0.4, -0.2) is 85.8 Å². The standard InChI is InChI=1S/C22H34N4O2/c1-19-6-2-3-8-21(19)24-15-13-23(14-16-24)20-7-4-10-25(18-20)22(27)9-12-26-11-5-17-28-26/h2-3,6,8,20H,4-5,7,9-18H2,1H3/t20-/m0/s1. The topological polar surface area (TPSA) is 39.3 Å². The highest BCUT2D eigenvalue weighted by Gasteiger charge is 2.30. The van der Waals surface area contributed by atoms with E-state index in [1.807, 2.05) is 5.06 Å². The molecule has 3 aliphatic rings. The Morgan fingerprint density at radius 2 is 1.89 bits per heavy atom. The van der Waals surface area contributed by atoms with Crippen molar-refractivity contribution in [3.05, 3.63) is 29.8 Å². The van der Waals surface area contributed by atoms with Crippen LogP contribution in [-0.2, 0) is 9.63 Å². The molecule has 1 amide bonds. The molecule has 1 aromatic carbocycles. The number of hydrogen-bond acceptors (Lipinski definition) is 5. The number of benzene rings is 1. The molecule has 0 N–H and O–H groups in total. The van der Waals surface area contributed by atoms with E-state index in [2.05, 4.69) is 45.9 Å². The predicted molar refractivity (Wildman–Crippen MR) is 111 cm³/mol. The summed E-state index contributed by atoms with van der Waals surface area (Å²) in [5.41, 5.74) is 2.72. The Labute approximate surface area is 169 Å². The molecule has 0 unspecified atom stereocenters. The highest BCUT2D eigenvalue weighted by molar-refractivity contribution is 5.76. The van der Waals surface area contributed by atoms with E-state index in [1.165, 1.54) is 17.7 Å². The molecule has 6 heteroatoms. The molecule has 6 nitrogen and oxygen atoms in total. The number of piperazine rings is 1. The van der Waals surface area contributed by atoms with E-state index < -0.39 is 0 Å². The van der Waals surface area contributed by atoms with Crippen molar-refractivity contribution in [3.63, 3.8) is 0 Å². The van der Waals surface area contributed by atoms with Gasteiger partial charge in [0, 0.05) is 70.5 Å². The van der Waals surface area contributed by atoms with Gasteiger partial charge in [-0.15, -0.1) is 0 Å². The molecule has 1 aromatic rings. The van der Waals surface area contributed by atoms with Crippen molar-refractivity contribution in [2.75, 3.05) is 63.9 Å². The first kappa shape index (κ1) is 19.7. The summed E-state index contributed by atoms with van der Waals surface area (Å²) in [6.07, 6.45) is 3.99. The molecular formula is C22H34N4O2. The Morgan fingerprint density at radius 1 is 1.07 bits per heavy atom. The molecule has 3 heterocycles. The van der Waals surface area contributed by atoms with Crippen molar-refractivity contribution < 1.29 is 9.63 Å². The Balaban J connectivity index is 1.25. The second-order valence-electron chi connectivity index (χ2n) is 8.31. The zero-order chi connectivity index (χ0) is 19.3. The molecule has 154 valence electrons. The summed E-state index contributed by atoms with van der Waals surface area (Å²) in [7, 11) is 0. The van der Waals surface area contributed by atoms with Gasteiger partial charge in [-0.2, -0.15) is 5.06 Å². The van der Waals surface area contributed by atoms with Gasteiger partial charge in [-0.1, -0.05) is 18.2 Å². The zero-order valence-corrected chi connectivity index (χ0v) is 17.2. The second kappa shape index (κ2) is 9.25. The van der Waals surface area contributed by atoms with Gasteiger partial charge in [0.05, 0.1) is 6.61 Å². The molecule has 3 fully saturated rings. The number of para-hydroxylation sites is 1. The van der Waals surface area contributed by atoms with Crippen molar-refractivity contribution in [1.29, 1.82) is 0 Å². The van der Waals surface area contributed by atoms with Gasteiger partial charge in [0.15, 0.2) is 0 Å². The molecule has 0 saturated carbocycles. The lowest BCUT2D eigenvalue weighted by molar-refractivity contribution is -0.140. The number of hydroxylamine groups is 2. The van der Waals surface area contributed by atoms with Crippen LogP contribution in [0.5, 0.6) is 0 Å². The molecule has 0 aliphatic carbocycles. The summed E-state index contributed by atoms with van der Waals surface area (Å²) in [5, 5.41) is 1.95. The minimum Gasteiger partial charge on any atom is -0.369 e. The first-order chi connectivity index (χ1) is 13.7. The highest BCUT2D eigenvalue weighted by Crippen LogP contribution is 2.23. The largest absolute Gasteiger partial charge is 0.369 e. The fraction of sp³-hybridized carbons (Fsp3) is 0.682. The molecule has 1 atom stereocenters. The SMILES string of the molecule is Cc1ccccc1N1CCN([C@H]2CCCN(C(=O)CCN3CCCO3)C2)CC1. The van der Waals surface area contributed by atoms with Gasteiger partial charge < -0.3 is 9.80 Å². The first-order valence-corrected chi connectivity index (χ1v) is 10.9. The number of hydrogen-bond donors (Lipinski definition) is 0. The van der Waals surface area contributed by atoms with Crippen molar-refractivity contribution in [3.8, 4) is 0 Å². The van der Waals surface area contributed by atoms with Crippen LogP contribution in [0.1, 0.15) is 31.2 Å². The molecule has 28 heavy (non-hydrogen) atoms. The maximum absolute atomic E-state index is 12.7. The summed E-state index contributed by atoms with van der Waals surface area (Å²) in [5.74, 6) is 0.291. The Kier molecular flexibility index (Phi) is 6.50. The summed E-state index contributed by atoms with van der Waals surface area (Å²) < 4.78 is 0. The van der Waals surface area contributed by atoms with Gasteiger partial charge in [0.1, 0.15) is 0 Å². The Bertz CT molecular complexity index is 654. The van der Waals surface area contributed by atoms with Crippen LogP contribution >= 0.6 is 0 Å². The number of amides is 1. The van der Waals surface area contributed by atoms with Crippen molar-refractivity contribution in [2.24, 2.45) is 0 Å². The van der Waals surface area contributed by atoms with Gasteiger partial charge in [-0.05, 0) is 37.8 Å². The third kappa shape index (κ3) is 4.67. The van der Waals surface area contributed by atoms with Crippen molar-refractivity contribution >= 4 is 11.6 Å². The van der Waals surface area contributed by atoms with Crippen LogP contribution in [0.25, 0.3) is 0 Å². The van der Waals surface area contributed by atoms with E-state index in [9.17, 15) is 4.79 Å². The number of rotatable bonds is 5. The average Bonchev–Trinajstić information content (AvgIpc) is 3.26. The second-order valence-corrected chi connectivity index (χ2v) is 8.31. The number of carbonyl (C=O) groups excluding carboxylic acids is 1. The number of aryl methyl sites for hydroxylation is 1. The van der Waals surface area contributed by atoms with Gasteiger partial charge in [0.25, 0.3) is 0 Å². The molecule has 0 radical (unpaired) electrons. The van der Waals surface area contributed by atoms with Crippen LogP contribution < -0.4 is 4.90 Å². The monoisotopic (exact) mass is 386 g/mol. The molecule has 3 aliphatic heterocycles. The lowest BCUT2D eigenvalue weighted by Crippen LogP contribution is -2.56. The maximum atomic E-state index is 12.7. The van der Waals surface area contributed by atoms with Gasteiger partial charge in [-0.25, -0.2) is 0 Å². The quantitative estimate of drug-likeness (QED) is 0.775. The van der Waals surface area contributed by atoms with Crippen molar-refractivity contribution in [2.45, 2.75) is 38.6 Å². The lowest BCUT2D eigenvalue weighted by atomic mass is 10.0. The van der Waals surface area contributed by atoms with Gasteiger partial charge in [0.2, 0.25) is 5.91 Å². The first-order valence-electron chi connectivity index (χ1n) is 10.9. The van der Waals surface area contributed by atoms with Crippen LogP contribution in [0.3, 0.4) is 0 Å². The van der Waals surface area contributed by atoms with Crippen LogP contribution in [0, 0.1) is 6.92 Å². The minimum atomic E-state index is 0.291. The number of nitrogens with zero attached hydrogens (tertiary/aromatic N) is 4. The number of likely N-dealkylation sites (tertiary alicyclic amines) is 1. The molecule has 0 spiro atoms. The van der Waals surface area contributed by atoms with Crippen LogP contribution in [0.2, 0.25) is 0 Å². The van der Waals surface area contributed by atoms with Crippen LogP contribution in [0.15, 0.2) is 24.3 Å². The normalized spacial score (nSPS) is 24.7. The van der Waals surface area contributed by atoms with E-state index in [1.54, 1.807) is 0 Å². The third-order valence-electron chi connectivity index (χ3n) is 6.44. The van der Waals surface area contributed by atoms with E-state index in [-0.39, 0.29) is 0 Å². The van der Waals surface area contributed by atoms with E-state index in [0.29, 0.717) is 18.4 Å². The fourth-order valence-corrected chi connectivity index (χ4v) is 4.78. The highest BCUT2D eigenvalue weighted by atomic mass is 16.7. The van der Waals surface area contributed by atoms with Gasteiger partial charge in [-0.3, -0.25) is 14.5 Å². The number of anilines is 1. The lowest BCUT2D eigenvalue weighted by Gasteiger charge is -2.44. The summed E-state index contributed by atoms with van der Waals surface area (Å²) in [4.78, 5) is 25.4. The van der Waals surface area contributed by atoms with Gasteiger partial charge >= 0.3 is 0 Å². The Hall–Kier alpha value is -1.63. The average molecular weight is 387 g/mol. The van der Waals surface area contributed by atoms with E-state index >= 15 is 0 Å². The van der Waals surface area contributed by atoms with Crippen molar-refractivity contribution in [1.82, 2.24) is 14.9 Å². The molecular weight excluding hydrogens is 352 g/mol. The van der Waals surface area contributed by atoms with E-state index in [0.717, 1.165) is 71.8 Å². The minimum absolute atomic E-state index is 0.291. The third-order valence-corrected chi connectivity index (χ3v) is 6.44. The summed E-state index contributed by atoms with van der Waals surface area (Å²) in [6.45, 7) is 10.8. The van der Waals surface area contributed by atoms with E-state index in [4.69, 9.17) is 4.84 Å². The summed E-state index contributed by atoms with van der Waals surface area (Å²) >= 11 is 0. The fourth-order valence-electron chi connectivity index (χ4n) is 4.78. The molecule has 3 saturated heterocycles. The Morgan fingerprint density at radius 3 is 2.64 bits per heavy atom. The zero-order valence-electron chi connectivity index (χ0n) is 17.2. The maximum Gasteiger partial charge on any atom is 0.224 e.